The SMILES string of the molecule is CCOC(=O)Cc1ncc(F)c(I)c1C(F)F. The highest BCUT2D eigenvalue weighted by atomic mass is 127. The summed E-state index contributed by atoms with van der Waals surface area (Å²) >= 11 is 1.47. The largest absolute Gasteiger partial charge is 0.466 e. The van der Waals surface area contributed by atoms with E-state index in [1.807, 2.05) is 0 Å². The Bertz CT molecular complexity index is 426. The molecule has 0 aliphatic rings. The molecule has 0 saturated carbocycles. The van der Waals surface area contributed by atoms with Crippen molar-refractivity contribution in [3.05, 3.63) is 26.8 Å². The molecule has 0 amide bonds. The molecule has 0 N–H and O–H groups in total. The summed E-state index contributed by atoms with van der Waals surface area (Å²) in [6.07, 6.45) is -2.44. The van der Waals surface area contributed by atoms with Crippen LogP contribution in [0, 0.1) is 9.39 Å². The molecule has 1 heterocycles. The molecule has 1 aromatic heterocycles. The second-order valence-corrected chi connectivity index (χ2v) is 4.14. The van der Waals surface area contributed by atoms with E-state index in [9.17, 15) is 18.0 Å². The van der Waals surface area contributed by atoms with E-state index in [2.05, 4.69) is 9.72 Å². The summed E-state index contributed by atoms with van der Waals surface area (Å²) < 4.78 is 43.0. The van der Waals surface area contributed by atoms with Crippen molar-refractivity contribution in [1.82, 2.24) is 4.98 Å². The van der Waals surface area contributed by atoms with Crippen LogP contribution in [0.15, 0.2) is 6.20 Å². The van der Waals surface area contributed by atoms with Crippen molar-refractivity contribution in [2.75, 3.05) is 6.61 Å². The molecule has 94 valence electrons. The van der Waals surface area contributed by atoms with E-state index in [-0.39, 0.29) is 22.3 Å². The number of aromatic nitrogens is 1. The number of rotatable bonds is 4. The maximum Gasteiger partial charge on any atom is 0.311 e. The lowest BCUT2D eigenvalue weighted by molar-refractivity contribution is -0.142. The molecule has 3 nitrogen and oxygen atoms in total. The Morgan fingerprint density at radius 3 is 2.76 bits per heavy atom. The zero-order valence-corrected chi connectivity index (χ0v) is 11.0. The third-order valence-electron chi connectivity index (χ3n) is 1.93. The van der Waals surface area contributed by atoms with E-state index in [4.69, 9.17) is 0 Å². The molecule has 1 rings (SSSR count). The summed E-state index contributed by atoms with van der Waals surface area (Å²) in [6.45, 7) is 1.76. The van der Waals surface area contributed by atoms with Crippen molar-refractivity contribution in [2.24, 2.45) is 0 Å². The molecular weight excluding hydrogens is 350 g/mol. The number of esters is 1. The summed E-state index contributed by atoms with van der Waals surface area (Å²) in [6, 6.07) is 0. The first kappa shape index (κ1) is 14.2. The third-order valence-corrected chi connectivity index (χ3v) is 3.02. The second-order valence-electron chi connectivity index (χ2n) is 3.06. The molecule has 0 radical (unpaired) electrons. The first-order valence-electron chi connectivity index (χ1n) is 4.73. The lowest BCUT2D eigenvalue weighted by atomic mass is 10.1. The van der Waals surface area contributed by atoms with E-state index < -0.39 is 23.8 Å². The highest BCUT2D eigenvalue weighted by Gasteiger charge is 2.22. The Balaban J connectivity index is 3.07. The molecule has 17 heavy (non-hydrogen) atoms. The van der Waals surface area contributed by atoms with Crippen LogP contribution in [0.1, 0.15) is 24.6 Å². The molecule has 0 atom stereocenters. The second kappa shape index (κ2) is 6.18. The summed E-state index contributed by atoms with van der Waals surface area (Å²) in [5.41, 5.74) is -0.692. The van der Waals surface area contributed by atoms with E-state index in [0.717, 1.165) is 6.20 Å². The molecule has 0 saturated heterocycles. The normalized spacial score (nSPS) is 10.7. The minimum absolute atomic E-state index is 0.149. The number of carbonyl (C=O) groups is 1. The quantitative estimate of drug-likeness (QED) is 0.613. The van der Waals surface area contributed by atoms with Gasteiger partial charge in [0.2, 0.25) is 0 Å². The predicted molar refractivity (Wildman–Crippen MR) is 62.2 cm³/mol. The number of hydrogen-bond acceptors (Lipinski definition) is 3. The fraction of sp³-hybridized carbons (Fsp3) is 0.400. The van der Waals surface area contributed by atoms with Crippen molar-refractivity contribution in [1.29, 1.82) is 0 Å². The lowest BCUT2D eigenvalue weighted by Gasteiger charge is -2.10. The number of hydrogen-bond donors (Lipinski definition) is 0. The minimum Gasteiger partial charge on any atom is -0.466 e. The molecule has 1 aromatic rings. The average molecular weight is 359 g/mol. The zero-order chi connectivity index (χ0) is 13.0. The van der Waals surface area contributed by atoms with Crippen LogP contribution in [0.25, 0.3) is 0 Å². The molecule has 0 aliphatic carbocycles. The summed E-state index contributed by atoms with van der Waals surface area (Å²) in [5.74, 6) is -1.49. The van der Waals surface area contributed by atoms with Crippen LogP contribution in [0.2, 0.25) is 0 Å². The van der Waals surface area contributed by atoms with Crippen LogP contribution in [0.4, 0.5) is 13.2 Å². The molecule has 0 bridgehead atoms. The van der Waals surface area contributed by atoms with Gasteiger partial charge in [0.15, 0.2) is 5.82 Å². The Morgan fingerprint density at radius 2 is 2.24 bits per heavy atom. The first-order valence-corrected chi connectivity index (χ1v) is 5.81. The van der Waals surface area contributed by atoms with Crippen LogP contribution in [-0.4, -0.2) is 17.6 Å². The van der Waals surface area contributed by atoms with Crippen molar-refractivity contribution < 1.29 is 22.7 Å². The zero-order valence-electron chi connectivity index (χ0n) is 8.84. The summed E-state index contributed by atoms with van der Waals surface area (Å²) in [5, 5.41) is 0. The van der Waals surface area contributed by atoms with Gasteiger partial charge in [-0.05, 0) is 29.5 Å². The van der Waals surface area contributed by atoms with Gasteiger partial charge < -0.3 is 4.74 Å². The standard InChI is InChI=1S/C10H9F3INO2/c1-2-17-7(16)3-6-8(10(12)13)9(14)5(11)4-15-6/h4,10H,2-3H2,1H3. The molecule has 0 unspecified atom stereocenters. The van der Waals surface area contributed by atoms with Crippen LogP contribution in [0.5, 0.6) is 0 Å². The molecule has 0 aromatic carbocycles. The van der Waals surface area contributed by atoms with E-state index in [1.54, 1.807) is 6.92 Å². The number of alkyl halides is 2. The van der Waals surface area contributed by atoms with E-state index in [0.29, 0.717) is 0 Å². The average Bonchev–Trinajstić information content (AvgIpc) is 2.23. The van der Waals surface area contributed by atoms with Gasteiger partial charge in [0.25, 0.3) is 6.43 Å². The van der Waals surface area contributed by atoms with Gasteiger partial charge >= 0.3 is 5.97 Å². The van der Waals surface area contributed by atoms with Crippen LogP contribution < -0.4 is 0 Å². The fourth-order valence-corrected chi connectivity index (χ4v) is 1.91. The van der Waals surface area contributed by atoms with Crippen LogP contribution >= 0.6 is 22.6 Å². The monoisotopic (exact) mass is 359 g/mol. The number of halogens is 4. The van der Waals surface area contributed by atoms with Crippen LogP contribution in [0.3, 0.4) is 0 Å². The Hall–Kier alpha value is -0.860. The van der Waals surface area contributed by atoms with Gasteiger partial charge in [0.05, 0.1) is 34.1 Å². The van der Waals surface area contributed by atoms with E-state index >= 15 is 0 Å². The summed E-state index contributed by atoms with van der Waals surface area (Å²) in [7, 11) is 0. The van der Waals surface area contributed by atoms with E-state index in [1.165, 1.54) is 22.6 Å². The molecule has 0 spiro atoms. The molecule has 7 heteroatoms. The van der Waals surface area contributed by atoms with Crippen molar-refractivity contribution in [2.45, 2.75) is 19.8 Å². The molecule has 0 aliphatic heterocycles. The highest BCUT2D eigenvalue weighted by Crippen LogP contribution is 2.28. The highest BCUT2D eigenvalue weighted by molar-refractivity contribution is 14.1. The van der Waals surface area contributed by atoms with Gasteiger partial charge in [-0.25, -0.2) is 13.2 Å². The van der Waals surface area contributed by atoms with Crippen molar-refractivity contribution in [3.63, 3.8) is 0 Å². The summed E-state index contributed by atoms with van der Waals surface area (Å²) in [4.78, 5) is 14.7. The Labute approximate surface area is 110 Å². The predicted octanol–water partition coefficient (Wildman–Crippen LogP) is 2.87. The van der Waals surface area contributed by atoms with Gasteiger partial charge in [-0.15, -0.1) is 0 Å². The molecular formula is C10H9F3INO2. The van der Waals surface area contributed by atoms with Gasteiger partial charge in [-0.2, -0.15) is 0 Å². The first-order chi connectivity index (χ1) is 7.97. The van der Waals surface area contributed by atoms with Crippen LogP contribution in [-0.2, 0) is 16.0 Å². The Morgan fingerprint density at radius 1 is 1.59 bits per heavy atom. The minimum atomic E-state index is -2.88. The Kier molecular flexibility index (Phi) is 5.16. The van der Waals surface area contributed by atoms with Gasteiger partial charge in [-0.1, -0.05) is 0 Å². The smallest absolute Gasteiger partial charge is 0.311 e. The maximum atomic E-state index is 13.1. The molecule has 0 fully saturated rings. The number of carbonyl (C=O) groups excluding carboxylic acids is 1. The van der Waals surface area contributed by atoms with Crippen molar-refractivity contribution >= 4 is 28.6 Å². The van der Waals surface area contributed by atoms with Gasteiger partial charge in [0, 0.05) is 0 Å². The maximum absolute atomic E-state index is 13.1. The number of nitrogens with zero attached hydrogens (tertiary/aromatic N) is 1. The van der Waals surface area contributed by atoms with Gasteiger partial charge in [-0.3, -0.25) is 9.78 Å². The van der Waals surface area contributed by atoms with Crippen molar-refractivity contribution in [3.8, 4) is 0 Å². The number of ether oxygens (including phenoxy) is 1. The third kappa shape index (κ3) is 3.55. The number of pyridine rings is 1. The topological polar surface area (TPSA) is 39.2 Å². The fourth-order valence-electron chi connectivity index (χ4n) is 1.23. The van der Waals surface area contributed by atoms with Gasteiger partial charge in [0.1, 0.15) is 0 Å². The lowest BCUT2D eigenvalue weighted by Crippen LogP contribution is -2.12.